The summed E-state index contributed by atoms with van der Waals surface area (Å²) in [6.45, 7) is 9.72. The van der Waals surface area contributed by atoms with Crippen molar-refractivity contribution in [3.63, 3.8) is 0 Å². The largest absolute Gasteiger partial charge is 0.320 e. The topological polar surface area (TPSA) is 12.0 Å². The van der Waals surface area contributed by atoms with Crippen LogP contribution in [0.2, 0.25) is 0 Å². The maximum atomic E-state index is 2.93. The number of aryl methyl sites for hydroxylation is 3. The molecule has 0 atom stereocenters. The molecule has 0 fully saturated rings. The molecule has 1 N–H and O–H groups in total. The zero-order valence-corrected chi connectivity index (χ0v) is 10.9. The SMILES string of the molecule is CCNC.CCc1ccc(C)cc1CC. The van der Waals surface area contributed by atoms with Gasteiger partial charge >= 0.3 is 0 Å². The zero-order valence-electron chi connectivity index (χ0n) is 10.9. The van der Waals surface area contributed by atoms with E-state index in [1.165, 1.54) is 16.7 Å². The molecule has 1 nitrogen and oxygen atoms in total. The third-order valence-electron chi connectivity index (χ3n) is 2.48. The van der Waals surface area contributed by atoms with Crippen molar-refractivity contribution >= 4 is 0 Å². The highest BCUT2D eigenvalue weighted by molar-refractivity contribution is 5.31. The Kier molecular flexibility index (Phi) is 8.02. The lowest BCUT2D eigenvalue weighted by Crippen LogP contribution is -2.01. The molecule has 0 saturated heterocycles. The summed E-state index contributed by atoms with van der Waals surface area (Å²) in [5.74, 6) is 0. The van der Waals surface area contributed by atoms with Crippen molar-refractivity contribution in [1.82, 2.24) is 5.32 Å². The quantitative estimate of drug-likeness (QED) is 0.801. The minimum absolute atomic E-state index is 1.07. The Morgan fingerprint density at radius 2 is 1.53 bits per heavy atom. The average molecular weight is 207 g/mol. The molecule has 1 rings (SSSR count). The van der Waals surface area contributed by atoms with Gasteiger partial charge in [0.15, 0.2) is 0 Å². The Hall–Kier alpha value is -0.820. The van der Waals surface area contributed by atoms with Crippen LogP contribution in [0.3, 0.4) is 0 Å². The number of nitrogens with one attached hydrogen (secondary N) is 1. The summed E-state index contributed by atoms with van der Waals surface area (Å²) in [6.07, 6.45) is 2.31. The molecule has 15 heavy (non-hydrogen) atoms. The highest BCUT2D eigenvalue weighted by Crippen LogP contribution is 2.12. The molecule has 0 aliphatic heterocycles. The van der Waals surface area contributed by atoms with Gasteiger partial charge in [-0.3, -0.25) is 0 Å². The van der Waals surface area contributed by atoms with Gasteiger partial charge in [0, 0.05) is 0 Å². The Balaban J connectivity index is 0.000000423. The zero-order chi connectivity index (χ0) is 11.7. The monoisotopic (exact) mass is 207 g/mol. The van der Waals surface area contributed by atoms with Gasteiger partial charge < -0.3 is 5.32 Å². The fourth-order valence-corrected chi connectivity index (χ4v) is 1.43. The van der Waals surface area contributed by atoms with Crippen LogP contribution < -0.4 is 5.32 Å². The Morgan fingerprint density at radius 1 is 1.00 bits per heavy atom. The van der Waals surface area contributed by atoms with Crippen molar-refractivity contribution in [2.45, 2.75) is 40.5 Å². The van der Waals surface area contributed by atoms with Crippen LogP contribution in [0.4, 0.5) is 0 Å². The Morgan fingerprint density at radius 3 is 1.93 bits per heavy atom. The van der Waals surface area contributed by atoms with Crippen molar-refractivity contribution in [2.24, 2.45) is 0 Å². The maximum Gasteiger partial charge on any atom is -0.00804 e. The average Bonchev–Trinajstić information content (AvgIpc) is 2.29. The molecule has 0 spiro atoms. The summed E-state index contributed by atoms with van der Waals surface area (Å²) in [7, 11) is 1.93. The maximum absolute atomic E-state index is 2.93. The van der Waals surface area contributed by atoms with Crippen LogP contribution >= 0.6 is 0 Å². The first-order chi connectivity index (χ1) is 7.19. The first-order valence-corrected chi connectivity index (χ1v) is 5.92. The highest BCUT2D eigenvalue weighted by atomic mass is 14.8. The minimum atomic E-state index is 1.07. The Labute approximate surface area is 94.9 Å². The van der Waals surface area contributed by atoms with Crippen LogP contribution in [-0.4, -0.2) is 13.6 Å². The standard InChI is InChI=1S/C11H16.C3H9N/c1-4-10-7-6-9(3)8-11(10)5-2;1-3-4-2/h6-8H,4-5H2,1-3H3;4H,3H2,1-2H3. The molecule has 1 aromatic carbocycles. The molecular formula is C14H25N. The van der Waals surface area contributed by atoms with E-state index in [1.54, 1.807) is 0 Å². The highest BCUT2D eigenvalue weighted by Gasteiger charge is 1.96. The van der Waals surface area contributed by atoms with Crippen LogP contribution in [0.15, 0.2) is 18.2 Å². The first-order valence-electron chi connectivity index (χ1n) is 5.92. The van der Waals surface area contributed by atoms with Gasteiger partial charge in [-0.05, 0) is 44.5 Å². The molecule has 1 heteroatoms. The van der Waals surface area contributed by atoms with Crippen LogP contribution in [0, 0.1) is 6.92 Å². The van der Waals surface area contributed by atoms with Gasteiger partial charge in [-0.25, -0.2) is 0 Å². The number of hydrogen-bond donors (Lipinski definition) is 1. The summed E-state index contributed by atoms with van der Waals surface area (Å²) < 4.78 is 0. The molecule has 0 radical (unpaired) electrons. The summed E-state index contributed by atoms with van der Waals surface area (Å²) in [4.78, 5) is 0. The van der Waals surface area contributed by atoms with Crippen molar-refractivity contribution in [3.05, 3.63) is 34.9 Å². The van der Waals surface area contributed by atoms with Crippen molar-refractivity contribution in [2.75, 3.05) is 13.6 Å². The summed E-state index contributed by atoms with van der Waals surface area (Å²) in [6, 6.07) is 6.73. The lowest BCUT2D eigenvalue weighted by molar-refractivity contribution is 0.864. The van der Waals surface area contributed by atoms with Gasteiger partial charge in [0.2, 0.25) is 0 Å². The fraction of sp³-hybridized carbons (Fsp3) is 0.571. The van der Waals surface area contributed by atoms with E-state index in [0.717, 1.165) is 19.4 Å². The van der Waals surface area contributed by atoms with Crippen LogP contribution in [0.1, 0.15) is 37.5 Å². The van der Waals surface area contributed by atoms with Gasteiger partial charge in [-0.15, -0.1) is 0 Å². The second kappa shape index (κ2) is 8.49. The molecule has 0 aliphatic rings. The minimum Gasteiger partial charge on any atom is -0.320 e. The second-order valence-corrected chi connectivity index (χ2v) is 3.69. The van der Waals surface area contributed by atoms with E-state index in [0.29, 0.717) is 0 Å². The molecule has 1 aromatic rings. The van der Waals surface area contributed by atoms with E-state index in [2.05, 4.69) is 51.2 Å². The summed E-state index contributed by atoms with van der Waals surface area (Å²) in [5, 5.41) is 2.93. The molecule has 0 bridgehead atoms. The van der Waals surface area contributed by atoms with Crippen molar-refractivity contribution < 1.29 is 0 Å². The van der Waals surface area contributed by atoms with Gasteiger partial charge in [0.1, 0.15) is 0 Å². The molecular weight excluding hydrogens is 182 g/mol. The van der Waals surface area contributed by atoms with E-state index < -0.39 is 0 Å². The molecule has 0 unspecified atom stereocenters. The molecule has 0 saturated carbocycles. The number of hydrogen-bond acceptors (Lipinski definition) is 1. The molecule has 0 aromatic heterocycles. The smallest absolute Gasteiger partial charge is 0.00804 e. The van der Waals surface area contributed by atoms with Crippen molar-refractivity contribution in [1.29, 1.82) is 0 Å². The predicted molar refractivity (Wildman–Crippen MR) is 69.5 cm³/mol. The Bertz CT molecular complexity index is 264. The summed E-state index contributed by atoms with van der Waals surface area (Å²) in [5.41, 5.74) is 4.38. The number of benzene rings is 1. The molecule has 86 valence electrons. The van der Waals surface area contributed by atoms with E-state index in [9.17, 15) is 0 Å². The normalized spacial score (nSPS) is 9.40. The number of rotatable bonds is 3. The van der Waals surface area contributed by atoms with Crippen LogP contribution in [-0.2, 0) is 12.8 Å². The lowest BCUT2D eigenvalue weighted by Gasteiger charge is -2.05. The van der Waals surface area contributed by atoms with Gasteiger partial charge in [-0.2, -0.15) is 0 Å². The lowest BCUT2D eigenvalue weighted by atomic mass is 10.0. The molecule has 0 heterocycles. The van der Waals surface area contributed by atoms with Gasteiger partial charge in [0.05, 0.1) is 0 Å². The van der Waals surface area contributed by atoms with Crippen LogP contribution in [0.25, 0.3) is 0 Å². The predicted octanol–water partition coefficient (Wildman–Crippen LogP) is 3.35. The second-order valence-electron chi connectivity index (χ2n) is 3.69. The van der Waals surface area contributed by atoms with E-state index >= 15 is 0 Å². The third kappa shape index (κ3) is 5.58. The van der Waals surface area contributed by atoms with E-state index in [4.69, 9.17) is 0 Å². The van der Waals surface area contributed by atoms with E-state index in [1.807, 2.05) is 7.05 Å². The third-order valence-corrected chi connectivity index (χ3v) is 2.48. The van der Waals surface area contributed by atoms with Crippen LogP contribution in [0.5, 0.6) is 0 Å². The fourth-order valence-electron chi connectivity index (χ4n) is 1.43. The van der Waals surface area contributed by atoms with Crippen molar-refractivity contribution in [3.8, 4) is 0 Å². The first kappa shape index (κ1) is 14.2. The molecule has 0 amide bonds. The van der Waals surface area contributed by atoms with E-state index in [-0.39, 0.29) is 0 Å². The van der Waals surface area contributed by atoms with Gasteiger partial charge in [-0.1, -0.05) is 44.5 Å². The molecule has 0 aliphatic carbocycles. The summed E-state index contributed by atoms with van der Waals surface area (Å²) >= 11 is 0. The van der Waals surface area contributed by atoms with Gasteiger partial charge in [0.25, 0.3) is 0 Å².